The minimum absolute atomic E-state index is 0.0496. The molecule has 0 spiro atoms. The van der Waals surface area contributed by atoms with Crippen molar-refractivity contribution < 1.29 is 9.53 Å². The summed E-state index contributed by atoms with van der Waals surface area (Å²) in [6, 6.07) is 1.96. The summed E-state index contributed by atoms with van der Waals surface area (Å²) in [4.78, 5) is 17.4. The topological polar surface area (TPSA) is 42.4 Å². The number of rotatable bonds is 1. The van der Waals surface area contributed by atoms with Gasteiger partial charge in [-0.15, -0.1) is 0 Å². The standard InChI is InChI=1S/C11H14N2O2/c1-8(14)13-5-3-4-9-6-10(15-2)7-12-11(9)13/h6-7H,3-5H2,1-2H3. The van der Waals surface area contributed by atoms with E-state index in [1.807, 2.05) is 6.07 Å². The number of hydrogen-bond donors (Lipinski definition) is 0. The Morgan fingerprint density at radius 3 is 3.07 bits per heavy atom. The van der Waals surface area contributed by atoms with Crippen LogP contribution in [0.3, 0.4) is 0 Å². The fraction of sp³-hybridized carbons (Fsp3) is 0.455. The summed E-state index contributed by atoms with van der Waals surface area (Å²) < 4.78 is 5.11. The molecule has 1 aliphatic heterocycles. The molecule has 1 amide bonds. The minimum atomic E-state index is 0.0496. The van der Waals surface area contributed by atoms with Crippen molar-refractivity contribution in [3.8, 4) is 5.75 Å². The Kier molecular flexibility index (Phi) is 2.58. The molecule has 0 unspecified atom stereocenters. The van der Waals surface area contributed by atoms with E-state index in [0.717, 1.165) is 36.5 Å². The first-order valence-corrected chi connectivity index (χ1v) is 5.03. The van der Waals surface area contributed by atoms with Crippen LogP contribution in [0.5, 0.6) is 5.75 Å². The van der Waals surface area contributed by atoms with Crippen LogP contribution in [0.25, 0.3) is 0 Å². The lowest BCUT2D eigenvalue weighted by Crippen LogP contribution is -2.34. The van der Waals surface area contributed by atoms with Gasteiger partial charge in [-0.25, -0.2) is 4.98 Å². The van der Waals surface area contributed by atoms with Gasteiger partial charge in [0.15, 0.2) is 0 Å². The van der Waals surface area contributed by atoms with Crippen LogP contribution in [-0.2, 0) is 11.2 Å². The molecule has 0 atom stereocenters. The number of amides is 1. The third-order valence-electron chi connectivity index (χ3n) is 2.62. The molecule has 0 N–H and O–H groups in total. The van der Waals surface area contributed by atoms with E-state index in [1.165, 1.54) is 0 Å². The number of carbonyl (C=O) groups excluding carboxylic acids is 1. The summed E-state index contributed by atoms with van der Waals surface area (Å²) in [7, 11) is 1.62. The maximum absolute atomic E-state index is 11.4. The summed E-state index contributed by atoms with van der Waals surface area (Å²) in [5, 5.41) is 0. The Balaban J connectivity index is 2.40. The van der Waals surface area contributed by atoms with E-state index in [4.69, 9.17) is 4.74 Å². The van der Waals surface area contributed by atoms with Crippen LogP contribution in [0.2, 0.25) is 0 Å². The SMILES string of the molecule is COc1cnc2c(c1)CCCN2C(C)=O. The highest BCUT2D eigenvalue weighted by Crippen LogP contribution is 2.27. The van der Waals surface area contributed by atoms with Crippen molar-refractivity contribution in [2.24, 2.45) is 0 Å². The zero-order valence-electron chi connectivity index (χ0n) is 8.99. The van der Waals surface area contributed by atoms with Gasteiger partial charge in [0.25, 0.3) is 0 Å². The average molecular weight is 206 g/mol. The van der Waals surface area contributed by atoms with Crippen LogP contribution in [0.4, 0.5) is 5.82 Å². The lowest BCUT2D eigenvalue weighted by Gasteiger charge is -2.27. The Morgan fingerprint density at radius 2 is 2.40 bits per heavy atom. The smallest absolute Gasteiger partial charge is 0.225 e. The first-order valence-electron chi connectivity index (χ1n) is 5.03. The van der Waals surface area contributed by atoms with Gasteiger partial charge >= 0.3 is 0 Å². The van der Waals surface area contributed by atoms with Crippen molar-refractivity contribution >= 4 is 11.7 Å². The van der Waals surface area contributed by atoms with Crippen LogP contribution < -0.4 is 9.64 Å². The highest BCUT2D eigenvalue weighted by atomic mass is 16.5. The number of nitrogens with zero attached hydrogens (tertiary/aromatic N) is 2. The first-order chi connectivity index (χ1) is 7.22. The van der Waals surface area contributed by atoms with Crippen LogP contribution in [0.1, 0.15) is 18.9 Å². The van der Waals surface area contributed by atoms with Crippen LogP contribution in [-0.4, -0.2) is 24.5 Å². The number of ether oxygens (including phenoxy) is 1. The van der Waals surface area contributed by atoms with E-state index in [9.17, 15) is 4.79 Å². The summed E-state index contributed by atoms with van der Waals surface area (Å²) in [6.45, 7) is 2.34. The fourth-order valence-corrected chi connectivity index (χ4v) is 1.86. The zero-order valence-corrected chi connectivity index (χ0v) is 8.99. The maximum atomic E-state index is 11.4. The molecule has 1 aromatic heterocycles. The summed E-state index contributed by atoms with van der Waals surface area (Å²) in [6.07, 6.45) is 3.60. The van der Waals surface area contributed by atoms with Gasteiger partial charge in [-0.3, -0.25) is 9.69 Å². The van der Waals surface area contributed by atoms with Gasteiger partial charge in [-0.1, -0.05) is 0 Å². The number of fused-ring (bicyclic) bond motifs is 1. The number of hydrogen-bond acceptors (Lipinski definition) is 3. The Hall–Kier alpha value is -1.58. The maximum Gasteiger partial charge on any atom is 0.225 e. The molecule has 0 saturated carbocycles. The van der Waals surface area contributed by atoms with Gasteiger partial charge in [-0.05, 0) is 24.5 Å². The van der Waals surface area contributed by atoms with Crippen molar-refractivity contribution in [3.63, 3.8) is 0 Å². The van der Waals surface area contributed by atoms with E-state index in [-0.39, 0.29) is 5.91 Å². The van der Waals surface area contributed by atoms with E-state index >= 15 is 0 Å². The molecule has 2 heterocycles. The molecule has 0 radical (unpaired) electrons. The largest absolute Gasteiger partial charge is 0.495 e. The quantitative estimate of drug-likeness (QED) is 0.697. The molecule has 4 nitrogen and oxygen atoms in total. The molecule has 0 bridgehead atoms. The molecule has 0 fully saturated rings. The second-order valence-corrected chi connectivity index (χ2v) is 3.63. The van der Waals surface area contributed by atoms with Crippen molar-refractivity contribution in [3.05, 3.63) is 17.8 Å². The van der Waals surface area contributed by atoms with Crippen molar-refractivity contribution in [2.45, 2.75) is 19.8 Å². The van der Waals surface area contributed by atoms with Gasteiger partial charge in [0.05, 0.1) is 13.3 Å². The molecular weight excluding hydrogens is 192 g/mol. The van der Waals surface area contributed by atoms with Crippen LogP contribution in [0, 0.1) is 0 Å². The van der Waals surface area contributed by atoms with E-state index in [1.54, 1.807) is 25.1 Å². The van der Waals surface area contributed by atoms with Crippen LogP contribution in [0.15, 0.2) is 12.3 Å². The first kappa shape index (κ1) is 9.96. The molecule has 2 rings (SSSR count). The third-order valence-corrected chi connectivity index (χ3v) is 2.62. The van der Waals surface area contributed by atoms with E-state index < -0.39 is 0 Å². The van der Waals surface area contributed by atoms with Crippen molar-refractivity contribution in [2.75, 3.05) is 18.6 Å². The molecular formula is C11H14N2O2. The molecule has 1 aromatic rings. The number of anilines is 1. The number of aromatic nitrogens is 1. The molecule has 80 valence electrons. The number of pyridine rings is 1. The predicted octanol–water partition coefficient (Wildman–Crippen LogP) is 1.39. The Bertz CT molecular complexity index is 390. The third kappa shape index (κ3) is 1.79. The molecule has 0 aromatic carbocycles. The molecule has 15 heavy (non-hydrogen) atoms. The molecule has 0 aliphatic carbocycles. The predicted molar refractivity (Wildman–Crippen MR) is 57.1 cm³/mol. The molecule has 0 saturated heterocycles. The van der Waals surface area contributed by atoms with Crippen LogP contribution >= 0.6 is 0 Å². The number of carbonyl (C=O) groups is 1. The lowest BCUT2D eigenvalue weighted by atomic mass is 10.1. The molecule has 4 heteroatoms. The Labute approximate surface area is 88.9 Å². The second kappa shape index (κ2) is 3.88. The fourth-order valence-electron chi connectivity index (χ4n) is 1.86. The van der Waals surface area contributed by atoms with Gasteiger partial charge in [0, 0.05) is 13.5 Å². The second-order valence-electron chi connectivity index (χ2n) is 3.63. The van der Waals surface area contributed by atoms with Gasteiger partial charge in [0.2, 0.25) is 5.91 Å². The average Bonchev–Trinajstić information content (AvgIpc) is 2.27. The van der Waals surface area contributed by atoms with Gasteiger partial charge in [0.1, 0.15) is 11.6 Å². The normalized spacial score (nSPS) is 14.7. The van der Waals surface area contributed by atoms with Gasteiger partial charge < -0.3 is 4.74 Å². The van der Waals surface area contributed by atoms with Gasteiger partial charge in [-0.2, -0.15) is 0 Å². The number of aryl methyl sites for hydroxylation is 1. The molecule has 1 aliphatic rings. The highest BCUT2D eigenvalue weighted by molar-refractivity contribution is 5.91. The van der Waals surface area contributed by atoms with Crippen molar-refractivity contribution in [1.82, 2.24) is 4.98 Å². The highest BCUT2D eigenvalue weighted by Gasteiger charge is 2.21. The summed E-state index contributed by atoms with van der Waals surface area (Å²) in [5.41, 5.74) is 1.09. The van der Waals surface area contributed by atoms with E-state index in [0.29, 0.717) is 0 Å². The zero-order chi connectivity index (χ0) is 10.8. The summed E-state index contributed by atoms with van der Waals surface area (Å²) in [5.74, 6) is 1.59. The van der Waals surface area contributed by atoms with Crippen molar-refractivity contribution in [1.29, 1.82) is 0 Å². The summed E-state index contributed by atoms with van der Waals surface area (Å²) >= 11 is 0. The lowest BCUT2D eigenvalue weighted by molar-refractivity contribution is -0.116. The monoisotopic (exact) mass is 206 g/mol. The minimum Gasteiger partial charge on any atom is -0.495 e. The van der Waals surface area contributed by atoms with E-state index in [2.05, 4.69) is 4.98 Å². The Morgan fingerprint density at radius 1 is 1.60 bits per heavy atom. The number of methoxy groups -OCH3 is 1.